The summed E-state index contributed by atoms with van der Waals surface area (Å²) >= 11 is 0. The van der Waals surface area contributed by atoms with Gasteiger partial charge in [-0.2, -0.15) is 0 Å². The number of hydrogen-bond donors (Lipinski definition) is 3. The van der Waals surface area contributed by atoms with Gasteiger partial charge < -0.3 is 16.0 Å². The molecule has 6 nitrogen and oxygen atoms in total. The quantitative estimate of drug-likeness (QED) is 0.337. The highest BCUT2D eigenvalue weighted by Gasteiger charge is 2.18. The van der Waals surface area contributed by atoms with Gasteiger partial charge in [0.15, 0.2) is 5.96 Å². The highest BCUT2D eigenvalue weighted by molar-refractivity contribution is 14.0. The van der Waals surface area contributed by atoms with E-state index in [0.29, 0.717) is 18.3 Å². The number of nitrogens with one attached hydrogen (secondary N) is 3. The Labute approximate surface area is 154 Å². The van der Waals surface area contributed by atoms with Gasteiger partial charge in [-0.05, 0) is 41.5 Å². The number of amides is 1. The second-order valence-electron chi connectivity index (χ2n) is 6.81. The monoisotopic (exact) mass is 446 g/mol. The van der Waals surface area contributed by atoms with Crippen LogP contribution in [-0.4, -0.2) is 52.3 Å². The molecular weight excluding hydrogens is 415 g/mol. The Hall–Kier alpha value is -0.380. The zero-order valence-corrected chi connectivity index (χ0v) is 17.8. The molecule has 1 amide bonds. The van der Waals surface area contributed by atoms with E-state index in [2.05, 4.69) is 20.9 Å². The highest BCUT2D eigenvalue weighted by Crippen LogP contribution is 2.10. The van der Waals surface area contributed by atoms with Crippen LogP contribution in [0, 0.1) is 0 Å². The Balaban J connectivity index is 0. The Morgan fingerprint density at radius 1 is 1.09 bits per heavy atom. The van der Waals surface area contributed by atoms with Crippen molar-refractivity contribution >= 4 is 46.6 Å². The van der Waals surface area contributed by atoms with Crippen LogP contribution >= 0.6 is 24.0 Å². The number of aliphatic imine (C=N–C) groups is 1. The summed E-state index contributed by atoms with van der Waals surface area (Å²) in [6.07, 6.45) is 0. The third-order valence-corrected chi connectivity index (χ3v) is 4.36. The van der Waals surface area contributed by atoms with Gasteiger partial charge in [0.05, 0.1) is 6.54 Å². The molecule has 0 aromatic rings. The van der Waals surface area contributed by atoms with Gasteiger partial charge in [0.25, 0.3) is 0 Å². The van der Waals surface area contributed by atoms with Crippen LogP contribution in [0.1, 0.15) is 41.5 Å². The van der Waals surface area contributed by atoms with Crippen molar-refractivity contribution in [2.75, 3.05) is 25.9 Å². The molecule has 0 rings (SSSR count). The number of guanidine groups is 1. The number of carbonyl (C=O) groups excluding carboxylic acids is 1. The van der Waals surface area contributed by atoms with E-state index in [1.807, 2.05) is 41.5 Å². The van der Waals surface area contributed by atoms with Crippen LogP contribution in [0.15, 0.2) is 4.99 Å². The predicted octanol–water partition coefficient (Wildman–Crippen LogP) is 1.23. The van der Waals surface area contributed by atoms with Crippen LogP contribution in [0.25, 0.3) is 0 Å². The summed E-state index contributed by atoms with van der Waals surface area (Å²) in [4.78, 5) is 15.7. The van der Waals surface area contributed by atoms with Crippen molar-refractivity contribution in [1.82, 2.24) is 16.0 Å². The molecule has 0 aliphatic heterocycles. The van der Waals surface area contributed by atoms with E-state index in [9.17, 15) is 9.00 Å². The van der Waals surface area contributed by atoms with E-state index < -0.39 is 10.8 Å². The maximum atomic E-state index is 11.9. The van der Waals surface area contributed by atoms with Crippen molar-refractivity contribution in [3.8, 4) is 0 Å². The summed E-state index contributed by atoms with van der Waals surface area (Å²) in [7, 11) is 0.730. The van der Waals surface area contributed by atoms with Crippen molar-refractivity contribution in [3.63, 3.8) is 0 Å². The van der Waals surface area contributed by atoms with Gasteiger partial charge >= 0.3 is 0 Å². The van der Waals surface area contributed by atoms with Crippen LogP contribution in [0.5, 0.6) is 0 Å². The molecule has 3 N–H and O–H groups in total. The predicted molar refractivity (Wildman–Crippen MR) is 105 cm³/mol. The van der Waals surface area contributed by atoms with Gasteiger partial charge in [-0.25, -0.2) is 0 Å². The zero-order valence-electron chi connectivity index (χ0n) is 14.7. The number of nitrogens with zero attached hydrogens (tertiary/aromatic N) is 1. The maximum Gasteiger partial charge on any atom is 0.239 e. The first kappa shape index (κ1) is 23.9. The fraction of sp³-hybridized carbons (Fsp3) is 0.857. The van der Waals surface area contributed by atoms with Crippen molar-refractivity contribution in [1.29, 1.82) is 0 Å². The lowest BCUT2D eigenvalue weighted by atomic mass is 10.1. The summed E-state index contributed by atoms with van der Waals surface area (Å²) < 4.78 is 11.7. The molecule has 0 radical (unpaired) electrons. The second-order valence-corrected chi connectivity index (χ2v) is 9.14. The lowest BCUT2D eigenvalue weighted by Gasteiger charge is -2.21. The molecule has 8 heteroatoms. The second kappa shape index (κ2) is 10.4. The molecule has 1 unspecified atom stereocenters. The summed E-state index contributed by atoms with van der Waals surface area (Å²) in [6, 6.07) is 0. The summed E-state index contributed by atoms with van der Waals surface area (Å²) in [5.74, 6) is 0.979. The molecule has 0 spiro atoms. The molecule has 0 saturated heterocycles. The topological polar surface area (TPSA) is 82.6 Å². The van der Waals surface area contributed by atoms with E-state index in [-0.39, 0.29) is 46.7 Å². The minimum absolute atomic E-state index is 0. The minimum Gasteiger partial charge on any atom is -0.355 e. The highest BCUT2D eigenvalue weighted by atomic mass is 127. The first-order chi connectivity index (χ1) is 9.45. The number of rotatable bonds is 5. The SMILES string of the molecule is CN=C(NCCS(=O)C(C)(C)C)NCC(=O)NC(C)(C)C.I. The lowest BCUT2D eigenvalue weighted by Crippen LogP contribution is -2.48. The Morgan fingerprint density at radius 3 is 2.05 bits per heavy atom. The molecule has 0 aromatic carbocycles. The average molecular weight is 446 g/mol. The van der Waals surface area contributed by atoms with Crippen molar-refractivity contribution in [2.24, 2.45) is 4.99 Å². The maximum absolute atomic E-state index is 11.9. The lowest BCUT2D eigenvalue weighted by molar-refractivity contribution is -0.121. The molecule has 0 aliphatic carbocycles. The normalized spacial score (nSPS) is 13.9. The third-order valence-electron chi connectivity index (χ3n) is 2.42. The van der Waals surface area contributed by atoms with Crippen LogP contribution < -0.4 is 16.0 Å². The van der Waals surface area contributed by atoms with E-state index >= 15 is 0 Å². The Morgan fingerprint density at radius 2 is 1.64 bits per heavy atom. The molecule has 0 saturated carbocycles. The van der Waals surface area contributed by atoms with Gasteiger partial charge in [0.2, 0.25) is 5.91 Å². The summed E-state index contributed by atoms with van der Waals surface area (Å²) in [5, 5.41) is 8.85. The van der Waals surface area contributed by atoms with E-state index in [1.165, 1.54) is 0 Å². The van der Waals surface area contributed by atoms with Gasteiger partial charge in [0.1, 0.15) is 0 Å². The molecule has 0 bridgehead atoms. The Bertz CT molecular complexity index is 401. The van der Waals surface area contributed by atoms with Crippen LogP contribution in [0.3, 0.4) is 0 Å². The van der Waals surface area contributed by atoms with Gasteiger partial charge in [-0.15, -0.1) is 24.0 Å². The molecule has 0 fully saturated rings. The number of carbonyl (C=O) groups is 1. The molecule has 0 heterocycles. The third kappa shape index (κ3) is 12.2. The molecular formula is C14H31IN4O2S. The molecule has 0 aliphatic rings. The fourth-order valence-electron chi connectivity index (χ4n) is 1.42. The van der Waals surface area contributed by atoms with Crippen LogP contribution in [-0.2, 0) is 15.6 Å². The van der Waals surface area contributed by atoms with Gasteiger partial charge in [-0.3, -0.25) is 14.0 Å². The van der Waals surface area contributed by atoms with Crippen molar-refractivity contribution < 1.29 is 9.00 Å². The smallest absolute Gasteiger partial charge is 0.239 e. The summed E-state index contributed by atoms with van der Waals surface area (Å²) in [6.45, 7) is 12.3. The van der Waals surface area contributed by atoms with E-state index in [0.717, 1.165) is 0 Å². The Kier molecular flexibility index (Phi) is 11.3. The molecule has 1 atom stereocenters. The first-order valence-corrected chi connectivity index (χ1v) is 8.41. The zero-order chi connectivity index (χ0) is 16.7. The van der Waals surface area contributed by atoms with Gasteiger partial charge in [0, 0.05) is 40.4 Å². The molecule has 132 valence electrons. The minimum atomic E-state index is -0.906. The van der Waals surface area contributed by atoms with Crippen molar-refractivity contribution in [3.05, 3.63) is 0 Å². The first-order valence-electron chi connectivity index (χ1n) is 7.10. The average Bonchev–Trinajstić information content (AvgIpc) is 2.29. The summed E-state index contributed by atoms with van der Waals surface area (Å²) in [5.41, 5.74) is -0.251. The van der Waals surface area contributed by atoms with E-state index in [1.54, 1.807) is 7.05 Å². The van der Waals surface area contributed by atoms with Crippen LogP contribution in [0.2, 0.25) is 0 Å². The molecule has 0 aromatic heterocycles. The number of hydrogen-bond acceptors (Lipinski definition) is 3. The van der Waals surface area contributed by atoms with Crippen LogP contribution in [0.4, 0.5) is 0 Å². The standard InChI is InChI=1S/C14H30N4O2S.HI/c1-13(2,3)18-11(19)10-17-12(15-7)16-8-9-21(20)14(4,5)6;/h8-10H2,1-7H3,(H,18,19)(H2,15,16,17);1H. The van der Waals surface area contributed by atoms with Gasteiger partial charge in [-0.1, -0.05) is 0 Å². The largest absolute Gasteiger partial charge is 0.355 e. The number of halogens is 1. The van der Waals surface area contributed by atoms with E-state index in [4.69, 9.17) is 0 Å². The fourth-order valence-corrected chi connectivity index (χ4v) is 2.32. The van der Waals surface area contributed by atoms with Crippen molar-refractivity contribution in [2.45, 2.75) is 51.8 Å². The molecule has 22 heavy (non-hydrogen) atoms.